The summed E-state index contributed by atoms with van der Waals surface area (Å²) in [5, 5.41) is 0.567. The molecule has 1 heterocycles. The van der Waals surface area contributed by atoms with E-state index < -0.39 is 5.41 Å². The average Bonchev–Trinajstić information content (AvgIpc) is 2.85. The molecule has 5 nitrogen and oxygen atoms in total. The predicted octanol–water partition coefficient (Wildman–Crippen LogP) is 3.63. The Hall–Kier alpha value is -1.69. The van der Waals surface area contributed by atoms with Gasteiger partial charge in [-0.15, -0.1) is 0 Å². The summed E-state index contributed by atoms with van der Waals surface area (Å²) in [6.45, 7) is 6.99. The lowest BCUT2D eigenvalue weighted by Gasteiger charge is -2.18. The molecule has 0 fully saturated rings. The van der Waals surface area contributed by atoms with Crippen LogP contribution in [0.15, 0.2) is 16.9 Å². The van der Waals surface area contributed by atoms with Crippen LogP contribution in [0.4, 0.5) is 0 Å². The van der Waals surface area contributed by atoms with Crippen molar-refractivity contribution >= 4 is 32.8 Å². The number of fused-ring (bicyclic) bond motifs is 2. The highest BCUT2D eigenvalue weighted by Gasteiger charge is 2.24. The minimum absolute atomic E-state index is 0.113. The van der Waals surface area contributed by atoms with Crippen molar-refractivity contribution in [1.82, 2.24) is 9.55 Å². The fourth-order valence-corrected chi connectivity index (χ4v) is 3.53. The molecule has 0 amide bonds. The first-order valence-electron chi connectivity index (χ1n) is 8.04. The van der Waals surface area contributed by atoms with E-state index in [4.69, 9.17) is 4.74 Å². The second-order valence-electron chi connectivity index (χ2n) is 7.28. The normalized spacial score (nSPS) is 17.1. The highest BCUT2D eigenvalue weighted by Crippen LogP contribution is 2.38. The van der Waals surface area contributed by atoms with E-state index in [1.165, 1.54) is 10.1 Å². The molecular weight excluding hydrogens is 372 g/mol. The van der Waals surface area contributed by atoms with Crippen LogP contribution in [0.2, 0.25) is 0 Å². The van der Waals surface area contributed by atoms with E-state index in [1.807, 2.05) is 12.1 Å². The molecule has 2 aromatic rings. The van der Waals surface area contributed by atoms with E-state index in [0.29, 0.717) is 16.7 Å². The fourth-order valence-electron chi connectivity index (χ4n) is 2.88. The highest BCUT2D eigenvalue weighted by atomic mass is 79.9. The summed E-state index contributed by atoms with van der Waals surface area (Å²) in [4.78, 5) is 29.6. The highest BCUT2D eigenvalue weighted by molar-refractivity contribution is 9.09. The molecule has 1 aromatic heterocycles. The van der Waals surface area contributed by atoms with E-state index in [9.17, 15) is 9.59 Å². The summed E-state index contributed by atoms with van der Waals surface area (Å²) in [5.74, 6) is 0.200. The van der Waals surface area contributed by atoms with Gasteiger partial charge in [0.25, 0.3) is 5.56 Å². The summed E-state index contributed by atoms with van der Waals surface area (Å²) in [5.41, 5.74) is 2.33. The molecule has 0 saturated carbocycles. The Labute approximate surface area is 149 Å². The Kier molecular flexibility index (Phi) is 4.28. The first-order valence-corrected chi connectivity index (χ1v) is 8.95. The van der Waals surface area contributed by atoms with Crippen molar-refractivity contribution in [2.75, 3.05) is 0 Å². The molecule has 1 unspecified atom stereocenters. The van der Waals surface area contributed by atoms with Gasteiger partial charge in [-0.2, -0.15) is 0 Å². The van der Waals surface area contributed by atoms with E-state index >= 15 is 0 Å². The number of carbonyl (C=O) groups excluding carboxylic acids is 1. The molecule has 1 aliphatic rings. The van der Waals surface area contributed by atoms with Gasteiger partial charge in [-0.25, -0.2) is 4.98 Å². The zero-order valence-corrected chi connectivity index (χ0v) is 15.9. The molecule has 1 atom stereocenters. The van der Waals surface area contributed by atoms with Crippen LogP contribution in [0.25, 0.3) is 10.9 Å². The van der Waals surface area contributed by atoms with Gasteiger partial charge in [0, 0.05) is 4.83 Å². The van der Waals surface area contributed by atoms with Crippen molar-refractivity contribution in [3.8, 4) is 0 Å². The summed E-state index contributed by atoms with van der Waals surface area (Å²) >= 11 is 3.65. The van der Waals surface area contributed by atoms with Crippen LogP contribution in [-0.4, -0.2) is 15.5 Å². The zero-order valence-electron chi connectivity index (χ0n) is 14.4. The number of carbonyl (C=O) groups is 1. The lowest BCUT2D eigenvalue weighted by Crippen LogP contribution is -2.30. The number of hydrogen-bond acceptors (Lipinski definition) is 4. The number of alkyl halides is 1. The lowest BCUT2D eigenvalue weighted by molar-refractivity contribution is -0.157. The van der Waals surface area contributed by atoms with Gasteiger partial charge in [0.1, 0.15) is 5.82 Å². The summed E-state index contributed by atoms with van der Waals surface area (Å²) < 4.78 is 6.70. The van der Waals surface area contributed by atoms with Crippen LogP contribution >= 0.6 is 15.9 Å². The number of aromatic nitrogens is 2. The van der Waals surface area contributed by atoms with E-state index in [-0.39, 0.29) is 23.1 Å². The lowest BCUT2D eigenvalue weighted by atomic mass is 9.98. The number of halogens is 1. The number of benzene rings is 1. The number of ether oxygens (including phenoxy) is 1. The molecule has 24 heavy (non-hydrogen) atoms. The first-order chi connectivity index (χ1) is 11.2. The molecule has 0 N–H and O–H groups in total. The largest absolute Gasteiger partial charge is 0.443 e. The monoisotopic (exact) mass is 392 g/mol. The quantitative estimate of drug-likeness (QED) is 0.578. The van der Waals surface area contributed by atoms with Gasteiger partial charge in [0.2, 0.25) is 0 Å². The maximum absolute atomic E-state index is 12.8. The van der Waals surface area contributed by atoms with Gasteiger partial charge in [-0.3, -0.25) is 14.2 Å². The molecule has 0 aliphatic heterocycles. The van der Waals surface area contributed by atoms with Crippen LogP contribution < -0.4 is 5.56 Å². The van der Waals surface area contributed by atoms with Crippen molar-refractivity contribution in [2.24, 2.45) is 5.41 Å². The fraction of sp³-hybridized carbons (Fsp3) is 0.500. The third kappa shape index (κ3) is 2.99. The number of nitrogens with zero attached hydrogens (tertiary/aromatic N) is 2. The molecule has 0 spiro atoms. The Morgan fingerprint density at radius 1 is 1.42 bits per heavy atom. The first kappa shape index (κ1) is 17.1. The zero-order chi connectivity index (χ0) is 17.6. The summed E-state index contributed by atoms with van der Waals surface area (Å²) in [7, 11) is 0. The smallest absolute Gasteiger partial charge is 0.312 e. The van der Waals surface area contributed by atoms with Gasteiger partial charge < -0.3 is 4.74 Å². The predicted molar refractivity (Wildman–Crippen MR) is 96.3 cm³/mol. The maximum Gasteiger partial charge on any atom is 0.312 e. The Bertz CT molecular complexity index is 880. The summed E-state index contributed by atoms with van der Waals surface area (Å²) in [6, 6.07) is 3.93. The molecule has 3 rings (SSSR count). The van der Waals surface area contributed by atoms with Crippen LogP contribution in [0.3, 0.4) is 0 Å². The molecule has 1 aliphatic carbocycles. The Balaban J connectivity index is 2.02. The van der Waals surface area contributed by atoms with Crippen molar-refractivity contribution in [3.05, 3.63) is 39.4 Å². The maximum atomic E-state index is 12.8. The number of hydrogen-bond donors (Lipinski definition) is 0. The third-order valence-corrected chi connectivity index (χ3v) is 5.30. The molecule has 0 radical (unpaired) electrons. The van der Waals surface area contributed by atoms with Crippen molar-refractivity contribution in [3.63, 3.8) is 0 Å². The van der Waals surface area contributed by atoms with Crippen LogP contribution in [0.5, 0.6) is 0 Å². The van der Waals surface area contributed by atoms with Crippen molar-refractivity contribution in [2.45, 2.75) is 52.1 Å². The molecule has 128 valence electrons. The molecular formula is C18H21BrN2O3. The molecule has 6 heteroatoms. The van der Waals surface area contributed by atoms with Crippen molar-refractivity contribution in [1.29, 1.82) is 0 Å². The SMILES string of the molecule is Cc1nc2cc3c(cc2c(=O)n1COC(=O)C(C)(C)C)C(Br)CC3. The molecule has 0 bridgehead atoms. The Morgan fingerprint density at radius 2 is 2.12 bits per heavy atom. The minimum atomic E-state index is -0.605. The topological polar surface area (TPSA) is 61.2 Å². The van der Waals surface area contributed by atoms with E-state index in [2.05, 4.69) is 20.9 Å². The van der Waals surface area contributed by atoms with Gasteiger partial charge in [0.05, 0.1) is 16.3 Å². The second-order valence-corrected chi connectivity index (χ2v) is 8.38. The number of rotatable bonds is 2. The van der Waals surface area contributed by atoms with E-state index in [1.54, 1.807) is 27.7 Å². The number of esters is 1. The third-order valence-electron chi connectivity index (χ3n) is 4.35. The molecule has 1 aromatic carbocycles. The van der Waals surface area contributed by atoms with Gasteiger partial charge in [0.15, 0.2) is 6.73 Å². The van der Waals surface area contributed by atoms with Crippen molar-refractivity contribution < 1.29 is 9.53 Å². The molecule has 0 saturated heterocycles. The van der Waals surface area contributed by atoms with Gasteiger partial charge in [-0.1, -0.05) is 15.9 Å². The second kappa shape index (κ2) is 5.99. The van der Waals surface area contributed by atoms with Crippen LogP contribution in [0.1, 0.15) is 49.0 Å². The van der Waals surface area contributed by atoms with Crippen LogP contribution in [0, 0.1) is 12.3 Å². The van der Waals surface area contributed by atoms with Crippen LogP contribution in [-0.2, 0) is 22.7 Å². The average molecular weight is 393 g/mol. The van der Waals surface area contributed by atoms with Gasteiger partial charge >= 0.3 is 5.97 Å². The van der Waals surface area contributed by atoms with Gasteiger partial charge in [-0.05, 0) is 63.8 Å². The van der Waals surface area contributed by atoms with E-state index in [0.717, 1.165) is 18.4 Å². The summed E-state index contributed by atoms with van der Waals surface area (Å²) in [6.07, 6.45) is 2.02. The minimum Gasteiger partial charge on any atom is -0.443 e. The Morgan fingerprint density at radius 3 is 2.79 bits per heavy atom. The number of aryl methyl sites for hydroxylation is 2. The standard InChI is InChI=1S/C18H21BrN2O3/c1-10-20-15-7-11-5-6-14(19)12(11)8-13(15)16(22)21(10)9-24-17(23)18(2,3)4/h7-8,14H,5-6,9H2,1-4H3.